The Kier molecular flexibility index (Phi) is 5.35. The van der Waals surface area contributed by atoms with Crippen molar-refractivity contribution >= 4 is 34.8 Å². The van der Waals surface area contributed by atoms with Crippen LogP contribution in [-0.4, -0.2) is 30.0 Å². The Labute approximate surface area is 149 Å². The molecule has 0 radical (unpaired) electrons. The fraction of sp³-hybridized carbons (Fsp3) is 0.167. The Bertz CT molecular complexity index is 907. The molecular formula is C18H17N3O3S. The molecule has 3 aromatic rings. The van der Waals surface area contributed by atoms with Gasteiger partial charge in [-0.05, 0) is 31.2 Å². The SMILES string of the molecule is COc1cccc2c(SCC(=O)NN=Cc3ccco3)cc(C)nc12. The molecule has 1 aromatic carbocycles. The van der Waals surface area contributed by atoms with E-state index in [1.807, 2.05) is 31.2 Å². The van der Waals surface area contributed by atoms with E-state index >= 15 is 0 Å². The number of hydrogen-bond acceptors (Lipinski definition) is 6. The summed E-state index contributed by atoms with van der Waals surface area (Å²) in [6.45, 7) is 1.92. The van der Waals surface area contributed by atoms with Crippen molar-refractivity contribution in [2.45, 2.75) is 11.8 Å². The number of benzene rings is 1. The summed E-state index contributed by atoms with van der Waals surface area (Å²) in [5.74, 6) is 1.34. The van der Waals surface area contributed by atoms with Gasteiger partial charge in [-0.3, -0.25) is 4.79 Å². The van der Waals surface area contributed by atoms with Crippen LogP contribution in [0.4, 0.5) is 0 Å². The monoisotopic (exact) mass is 355 g/mol. The highest BCUT2D eigenvalue weighted by molar-refractivity contribution is 8.00. The van der Waals surface area contributed by atoms with Crippen LogP contribution in [-0.2, 0) is 4.79 Å². The van der Waals surface area contributed by atoms with Crippen molar-refractivity contribution in [2.24, 2.45) is 5.10 Å². The summed E-state index contributed by atoms with van der Waals surface area (Å²) in [6, 6.07) is 11.2. The first kappa shape index (κ1) is 17.0. The lowest BCUT2D eigenvalue weighted by atomic mass is 10.2. The normalized spacial score (nSPS) is 11.1. The number of nitrogens with one attached hydrogen (secondary N) is 1. The molecule has 0 spiro atoms. The minimum Gasteiger partial charge on any atom is -0.494 e. The fourth-order valence-electron chi connectivity index (χ4n) is 2.30. The van der Waals surface area contributed by atoms with Gasteiger partial charge in [-0.1, -0.05) is 12.1 Å². The van der Waals surface area contributed by atoms with Crippen LogP contribution in [0.3, 0.4) is 0 Å². The smallest absolute Gasteiger partial charge is 0.250 e. The number of aromatic nitrogens is 1. The Morgan fingerprint density at radius 1 is 1.40 bits per heavy atom. The largest absolute Gasteiger partial charge is 0.494 e. The Morgan fingerprint density at radius 3 is 3.04 bits per heavy atom. The summed E-state index contributed by atoms with van der Waals surface area (Å²) in [5.41, 5.74) is 4.15. The zero-order valence-corrected chi connectivity index (χ0v) is 14.7. The van der Waals surface area contributed by atoms with E-state index in [0.717, 1.165) is 27.2 Å². The van der Waals surface area contributed by atoms with Crippen LogP contribution >= 0.6 is 11.8 Å². The number of para-hydroxylation sites is 1. The number of thioether (sulfide) groups is 1. The number of furan rings is 1. The lowest BCUT2D eigenvalue weighted by molar-refractivity contribution is -0.118. The maximum atomic E-state index is 12.0. The minimum absolute atomic E-state index is 0.196. The van der Waals surface area contributed by atoms with Crippen molar-refractivity contribution in [2.75, 3.05) is 12.9 Å². The number of ether oxygens (including phenoxy) is 1. The first-order valence-electron chi connectivity index (χ1n) is 7.60. The Hall–Kier alpha value is -2.80. The van der Waals surface area contributed by atoms with Crippen molar-refractivity contribution in [1.82, 2.24) is 10.4 Å². The number of hydrogen-bond donors (Lipinski definition) is 1. The predicted molar refractivity (Wildman–Crippen MR) is 98.2 cm³/mol. The molecule has 6 nitrogen and oxygen atoms in total. The topological polar surface area (TPSA) is 76.7 Å². The van der Waals surface area contributed by atoms with Crippen LogP contribution in [0, 0.1) is 6.92 Å². The number of amides is 1. The number of nitrogens with zero attached hydrogens (tertiary/aromatic N) is 2. The van der Waals surface area contributed by atoms with E-state index in [-0.39, 0.29) is 11.7 Å². The van der Waals surface area contributed by atoms with Gasteiger partial charge in [0.15, 0.2) is 0 Å². The number of aryl methyl sites for hydroxylation is 1. The first-order valence-corrected chi connectivity index (χ1v) is 8.58. The summed E-state index contributed by atoms with van der Waals surface area (Å²) in [4.78, 5) is 17.5. The molecule has 3 rings (SSSR count). The van der Waals surface area contributed by atoms with E-state index in [2.05, 4.69) is 15.5 Å². The first-order chi connectivity index (χ1) is 12.2. The molecule has 2 aromatic heterocycles. The molecule has 7 heteroatoms. The zero-order valence-electron chi connectivity index (χ0n) is 13.9. The molecule has 1 amide bonds. The number of carbonyl (C=O) groups excluding carboxylic acids is 1. The van der Waals surface area contributed by atoms with E-state index < -0.39 is 0 Å². The van der Waals surface area contributed by atoms with Crippen LogP contribution in [0.5, 0.6) is 5.75 Å². The van der Waals surface area contributed by atoms with Gasteiger partial charge in [0.05, 0.1) is 25.3 Å². The maximum absolute atomic E-state index is 12.0. The molecule has 0 unspecified atom stereocenters. The highest BCUT2D eigenvalue weighted by Gasteiger charge is 2.10. The molecular weight excluding hydrogens is 338 g/mol. The van der Waals surface area contributed by atoms with Gasteiger partial charge >= 0.3 is 0 Å². The second-order valence-electron chi connectivity index (χ2n) is 5.22. The number of carbonyl (C=O) groups is 1. The average molecular weight is 355 g/mol. The van der Waals surface area contributed by atoms with Gasteiger partial charge in [0, 0.05) is 16.0 Å². The minimum atomic E-state index is -0.196. The molecule has 0 aliphatic carbocycles. The molecule has 0 atom stereocenters. The second kappa shape index (κ2) is 7.85. The van der Waals surface area contributed by atoms with Crippen LogP contribution in [0.15, 0.2) is 57.1 Å². The molecule has 2 heterocycles. The van der Waals surface area contributed by atoms with E-state index in [1.54, 1.807) is 25.5 Å². The van der Waals surface area contributed by atoms with Gasteiger partial charge in [0.25, 0.3) is 0 Å². The van der Waals surface area contributed by atoms with E-state index in [1.165, 1.54) is 18.0 Å². The summed E-state index contributed by atoms with van der Waals surface area (Å²) in [7, 11) is 1.62. The number of methoxy groups -OCH3 is 1. The van der Waals surface area contributed by atoms with Gasteiger partial charge in [-0.2, -0.15) is 5.10 Å². The molecule has 1 N–H and O–H groups in total. The van der Waals surface area contributed by atoms with Crippen LogP contribution in [0.2, 0.25) is 0 Å². The van der Waals surface area contributed by atoms with Crippen molar-refractivity contribution < 1.29 is 13.9 Å². The quantitative estimate of drug-likeness (QED) is 0.417. The number of rotatable bonds is 6. The maximum Gasteiger partial charge on any atom is 0.250 e. The molecule has 0 aliphatic heterocycles. The summed E-state index contributed by atoms with van der Waals surface area (Å²) < 4.78 is 10.5. The van der Waals surface area contributed by atoms with Gasteiger partial charge in [0.2, 0.25) is 5.91 Å². The fourth-order valence-corrected chi connectivity index (χ4v) is 3.23. The predicted octanol–water partition coefficient (Wildman–Crippen LogP) is 3.39. The van der Waals surface area contributed by atoms with Crippen molar-refractivity contribution in [1.29, 1.82) is 0 Å². The molecule has 0 saturated carbocycles. The number of hydrazone groups is 1. The Balaban J connectivity index is 1.69. The van der Waals surface area contributed by atoms with E-state index in [9.17, 15) is 4.79 Å². The second-order valence-corrected chi connectivity index (χ2v) is 6.23. The standard InChI is InChI=1S/C18H17N3O3S/c1-12-9-16(14-6-3-7-15(23-2)18(14)20-12)25-11-17(22)21-19-10-13-5-4-8-24-13/h3-10H,11H2,1-2H3,(H,21,22). The summed E-state index contributed by atoms with van der Waals surface area (Å²) in [5, 5.41) is 4.83. The molecule has 0 bridgehead atoms. The number of fused-ring (bicyclic) bond motifs is 1. The zero-order chi connectivity index (χ0) is 17.6. The Morgan fingerprint density at radius 2 is 2.28 bits per heavy atom. The summed E-state index contributed by atoms with van der Waals surface area (Å²) in [6.07, 6.45) is 3.00. The molecule has 0 fully saturated rings. The van der Waals surface area contributed by atoms with Crippen molar-refractivity contribution in [3.63, 3.8) is 0 Å². The molecule has 25 heavy (non-hydrogen) atoms. The third kappa shape index (κ3) is 4.19. The summed E-state index contributed by atoms with van der Waals surface area (Å²) >= 11 is 1.43. The lowest BCUT2D eigenvalue weighted by Crippen LogP contribution is -2.19. The molecule has 128 valence electrons. The van der Waals surface area contributed by atoms with Crippen LogP contribution in [0.1, 0.15) is 11.5 Å². The van der Waals surface area contributed by atoms with Crippen LogP contribution in [0.25, 0.3) is 10.9 Å². The third-order valence-corrected chi connectivity index (χ3v) is 4.45. The highest BCUT2D eigenvalue weighted by Crippen LogP contribution is 2.32. The lowest BCUT2D eigenvalue weighted by Gasteiger charge is -2.10. The average Bonchev–Trinajstić information content (AvgIpc) is 3.12. The van der Waals surface area contributed by atoms with Crippen molar-refractivity contribution in [3.8, 4) is 5.75 Å². The van der Waals surface area contributed by atoms with Gasteiger partial charge < -0.3 is 9.15 Å². The molecule has 0 saturated heterocycles. The van der Waals surface area contributed by atoms with E-state index in [0.29, 0.717) is 5.76 Å². The van der Waals surface area contributed by atoms with Gasteiger partial charge in [-0.15, -0.1) is 11.8 Å². The third-order valence-electron chi connectivity index (χ3n) is 3.40. The number of pyridine rings is 1. The van der Waals surface area contributed by atoms with Gasteiger partial charge in [-0.25, -0.2) is 10.4 Å². The molecule has 0 aliphatic rings. The van der Waals surface area contributed by atoms with Crippen LogP contribution < -0.4 is 10.2 Å². The van der Waals surface area contributed by atoms with Crippen molar-refractivity contribution in [3.05, 3.63) is 54.1 Å². The van der Waals surface area contributed by atoms with E-state index in [4.69, 9.17) is 9.15 Å². The van der Waals surface area contributed by atoms with Gasteiger partial charge in [0.1, 0.15) is 17.0 Å². The highest BCUT2D eigenvalue weighted by atomic mass is 32.2.